The SMILES string of the molecule is CSC1CCCC(NC2CC(c3ccc(F)cc3)C2)C1. The molecule has 1 N–H and O–H groups in total. The molecule has 0 aromatic heterocycles. The van der Waals surface area contributed by atoms with Gasteiger partial charge in [0.15, 0.2) is 0 Å². The summed E-state index contributed by atoms with van der Waals surface area (Å²) in [6, 6.07) is 8.46. The van der Waals surface area contributed by atoms with E-state index in [1.165, 1.54) is 44.1 Å². The molecule has 2 atom stereocenters. The Bertz CT molecular complexity index is 427. The van der Waals surface area contributed by atoms with Gasteiger partial charge in [-0.1, -0.05) is 18.6 Å². The molecule has 1 nitrogen and oxygen atoms in total. The quantitative estimate of drug-likeness (QED) is 0.886. The highest BCUT2D eigenvalue weighted by atomic mass is 32.2. The van der Waals surface area contributed by atoms with Gasteiger partial charge in [-0.3, -0.25) is 0 Å². The van der Waals surface area contributed by atoms with E-state index < -0.39 is 0 Å². The van der Waals surface area contributed by atoms with E-state index in [0.717, 1.165) is 11.3 Å². The molecule has 0 bridgehead atoms. The third-order valence-electron chi connectivity index (χ3n) is 4.91. The molecule has 0 radical (unpaired) electrons. The average molecular weight is 293 g/mol. The molecular formula is C17H24FNS. The molecule has 2 unspecified atom stereocenters. The number of hydrogen-bond donors (Lipinski definition) is 1. The third kappa shape index (κ3) is 3.37. The zero-order chi connectivity index (χ0) is 13.9. The van der Waals surface area contributed by atoms with Crippen LogP contribution in [0.4, 0.5) is 4.39 Å². The molecule has 0 aliphatic heterocycles. The standard InChI is InChI=1S/C17H24FNS/c1-20-17-4-2-3-15(11-17)19-16-9-13(10-16)12-5-7-14(18)8-6-12/h5-8,13,15-17,19H,2-4,9-11H2,1H3. The van der Waals surface area contributed by atoms with E-state index in [1.807, 2.05) is 23.9 Å². The van der Waals surface area contributed by atoms with E-state index in [9.17, 15) is 4.39 Å². The summed E-state index contributed by atoms with van der Waals surface area (Å²) >= 11 is 2.03. The maximum absolute atomic E-state index is 12.9. The van der Waals surface area contributed by atoms with Gasteiger partial charge >= 0.3 is 0 Å². The van der Waals surface area contributed by atoms with Crippen LogP contribution in [0.3, 0.4) is 0 Å². The molecule has 0 heterocycles. The molecular weight excluding hydrogens is 269 g/mol. The lowest BCUT2D eigenvalue weighted by Crippen LogP contribution is -2.47. The first-order valence-corrected chi connectivity index (χ1v) is 9.07. The summed E-state index contributed by atoms with van der Waals surface area (Å²) in [5, 5.41) is 4.70. The van der Waals surface area contributed by atoms with E-state index in [-0.39, 0.29) is 5.82 Å². The largest absolute Gasteiger partial charge is 0.311 e. The summed E-state index contributed by atoms with van der Waals surface area (Å²) in [5.74, 6) is 0.501. The number of rotatable bonds is 4. The Hall–Kier alpha value is -0.540. The Morgan fingerprint density at radius 3 is 2.50 bits per heavy atom. The van der Waals surface area contributed by atoms with E-state index >= 15 is 0 Å². The van der Waals surface area contributed by atoms with Crippen molar-refractivity contribution in [2.24, 2.45) is 0 Å². The van der Waals surface area contributed by atoms with Crippen LogP contribution in [0.15, 0.2) is 24.3 Å². The van der Waals surface area contributed by atoms with Crippen LogP contribution in [0, 0.1) is 5.82 Å². The van der Waals surface area contributed by atoms with Crippen LogP contribution >= 0.6 is 11.8 Å². The number of hydrogen-bond acceptors (Lipinski definition) is 2. The molecule has 20 heavy (non-hydrogen) atoms. The van der Waals surface area contributed by atoms with E-state index in [4.69, 9.17) is 0 Å². The second-order valence-electron chi connectivity index (χ2n) is 6.30. The van der Waals surface area contributed by atoms with E-state index in [0.29, 0.717) is 12.0 Å². The minimum Gasteiger partial charge on any atom is -0.311 e. The van der Waals surface area contributed by atoms with Gasteiger partial charge in [-0.25, -0.2) is 4.39 Å². The minimum atomic E-state index is -0.131. The van der Waals surface area contributed by atoms with Gasteiger partial charge in [-0.05, 0) is 62.0 Å². The van der Waals surface area contributed by atoms with Gasteiger partial charge in [-0.2, -0.15) is 11.8 Å². The van der Waals surface area contributed by atoms with Crippen molar-refractivity contribution in [2.45, 2.75) is 61.8 Å². The Balaban J connectivity index is 1.45. The highest BCUT2D eigenvalue weighted by Crippen LogP contribution is 2.38. The van der Waals surface area contributed by atoms with Crippen molar-refractivity contribution in [1.29, 1.82) is 0 Å². The lowest BCUT2D eigenvalue weighted by Gasteiger charge is -2.40. The van der Waals surface area contributed by atoms with Crippen LogP contribution in [0.5, 0.6) is 0 Å². The highest BCUT2D eigenvalue weighted by molar-refractivity contribution is 7.99. The van der Waals surface area contributed by atoms with E-state index in [2.05, 4.69) is 11.6 Å². The Kier molecular flexibility index (Phi) is 4.67. The fraction of sp³-hybridized carbons (Fsp3) is 0.647. The van der Waals surface area contributed by atoms with Crippen LogP contribution in [0.2, 0.25) is 0 Å². The molecule has 110 valence electrons. The van der Waals surface area contributed by atoms with Crippen molar-refractivity contribution in [1.82, 2.24) is 5.32 Å². The first-order valence-electron chi connectivity index (χ1n) is 7.79. The summed E-state index contributed by atoms with van der Waals surface area (Å²) in [5.41, 5.74) is 1.30. The second kappa shape index (κ2) is 6.48. The fourth-order valence-corrected chi connectivity index (χ4v) is 4.43. The van der Waals surface area contributed by atoms with Crippen LogP contribution in [0.1, 0.15) is 50.0 Å². The van der Waals surface area contributed by atoms with Crippen molar-refractivity contribution in [2.75, 3.05) is 6.26 Å². The summed E-state index contributed by atoms with van der Waals surface area (Å²) in [6.07, 6.45) is 10.1. The summed E-state index contributed by atoms with van der Waals surface area (Å²) in [4.78, 5) is 0. The van der Waals surface area contributed by atoms with Gasteiger partial charge in [-0.15, -0.1) is 0 Å². The zero-order valence-corrected chi connectivity index (χ0v) is 13.0. The molecule has 2 saturated carbocycles. The molecule has 3 rings (SSSR count). The second-order valence-corrected chi connectivity index (χ2v) is 7.44. The van der Waals surface area contributed by atoms with E-state index in [1.54, 1.807) is 12.1 Å². The van der Waals surface area contributed by atoms with Gasteiger partial charge in [0.2, 0.25) is 0 Å². The summed E-state index contributed by atoms with van der Waals surface area (Å²) in [6.45, 7) is 0. The smallest absolute Gasteiger partial charge is 0.123 e. The third-order valence-corrected chi connectivity index (χ3v) is 6.01. The highest BCUT2D eigenvalue weighted by Gasteiger charge is 2.32. The fourth-order valence-electron chi connectivity index (χ4n) is 3.60. The molecule has 1 aromatic carbocycles. The number of halogens is 1. The maximum Gasteiger partial charge on any atom is 0.123 e. The number of thioether (sulfide) groups is 1. The van der Waals surface area contributed by atoms with Gasteiger partial charge in [0.25, 0.3) is 0 Å². The van der Waals surface area contributed by atoms with Crippen LogP contribution in [0.25, 0.3) is 0 Å². The summed E-state index contributed by atoms with van der Waals surface area (Å²) in [7, 11) is 0. The van der Waals surface area contributed by atoms with Gasteiger partial charge in [0.1, 0.15) is 5.82 Å². The topological polar surface area (TPSA) is 12.0 Å². The molecule has 2 aliphatic carbocycles. The first-order chi connectivity index (χ1) is 9.74. The molecule has 1 aromatic rings. The normalized spacial score (nSPS) is 33.7. The van der Waals surface area contributed by atoms with Crippen molar-refractivity contribution in [3.63, 3.8) is 0 Å². The summed E-state index contributed by atoms with van der Waals surface area (Å²) < 4.78 is 12.9. The lowest BCUT2D eigenvalue weighted by molar-refractivity contribution is 0.240. The van der Waals surface area contributed by atoms with Crippen LogP contribution < -0.4 is 5.32 Å². The van der Waals surface area contributed by atoms with Crippen molar-refractivity contribution < 1.29 is 4.39 Å². The van der Waals surface area contributed by atoms with Crippen molar-refractivity contribution in [3.05, 3.63) is 35.6 Å². The predicted octanol–water partition coefficient (Wildman–Crippen LogP) is 4.34. The lowest BCUT2D eigenvalue weighted by atomic mass is 9.75. The number of benzene rings is 1. The Morgan fingerprint density at radius 1 is 1.05 bits per heavy atom. The monoisotopic (exact) mass is 293 g/mol. The molecule has 2 fully saturated rings. The van der Waals surface area contributed by atoms with Crippen LogP contribution in [-0.2, 0) is 0 Å². The molecule has 0 spiro atoms. The van der Waals surface area contributed by atoms with Crippen LogP contribution in [-0.4, -0.2) is 23.6 Å². The van der Waals surface area contributed by atoms with Crippen molar-refractivity contribution >= 4 is 11.8 Å². The van der Waals surface area contributed by atoms with Crippen molar-refractivity contribution in [3.8, 4) is 0 Å². The zero-order valence-electron chi connectivity index (χ0n) is 12.1. The minimum absolute atomic E-state index is 0.131. The molecule has 3 heteroatoms. The molecule has 0 amide bonds. The molecule has 0 saturated heterocycles. The maximum atomic E-state index is 12.9. The van der Waals surface area contributed by atoms with Gasteiger partial charge in [0.05, 0.1) is 0 Å². The Morgan fingerprint density at radius 2 is 1.80 bits per heavy atom. The Labute approximate surface area is 125 Å². The van der Waals surface area contributed by atoms with Gasteiger partial charge < -0.3 is 5.32 Å². The predicted molar refractivity (Wildman–Crippen MR) is 84.9 cm³/mol. The molecule has 2 aliphatic rings. The average Bonchev–Trinajstić information content (AvgIpc) is 2.44. The first kappa shape index (κ1) is 14.4. The number of nitrogens with one attached hydrogen (secondary N) is 1. The van der Waals surface area contributed by atoms with Gasteiger partial charge in [0, 0.05) is 17.3 Å².